The average Bonchev–Trinajstić information content (AvgIpc) is 2.90. The number of carbonyl (C=O) groups excluding carboxylic acids is 1. The number of piperidine rings is 1. The lowest BCUT2D eigenvalue weighted by molar-refractivity contribution is -0.142. The maximum atomic E-state index is 12.7. The molecule has 1 heterocycles. The summed E-state index contributed by atoms with van der Waals surface area (Å²) in [6.45, 7) is 5.27. The minimum Gasteiger partial charge on any atom is -0.481 e. The number of rotatable bonds is 4. The molecule has 20 heavy (non-hydrogen) atoms. The van der Waals surface area contributed by atoms with Gasteiger partial charge < -0.3 is 10.0 Å². The van der Waals surface area contributed by atoms with Crippen LogP contribution in [0.1, 0.15) is 58.8 Å². The standard InChI is InChI=1S/C16H27NO3/c1-3-5-14-11(2)6-4-9-17(14)15(18)12-7-8-13(10-12)16(19)20/h11-14H,3-10H2,1-2H3,(H,19,20)/t11?,12-,13+,14?/m1/s1. The summed E-state index contributed by atoms with van der Waals surface area (Å²) >= 11 is 0. The summed E-state index contributed by atoms with van der Waals surface area (Å²) in [7, 11) is 0. The van der Waals surface area contributed by atoms with Crippen LogP contribution < -0.4 is 0 Å². The molecular weight excluding hydrogens is 254 g/mol. The van der Waals surface area contributed by atoms with Crippen LogP contribution in [0.3, 0.4) is 0 Å². The minimum atomic E-state index is -0.738. The number of carboxylic acids is 1. The topological polar surface area (TPSA) is 57.6 Å². The highest BCUT2D eigenvalue weighted by Gasteiger charge is 2.39. The SMILES string of the molecule is CCCC1C(C)CCCN1C(=O)[C@@H]1CC[C@H](C(=O)O)C1. The van der Waals surface area contributed by atoms with Crippen molar-refractivity contribution in [3.63, 3.8) is 0 Å². The summed E-state index contributed by atoms with van der Waals surface area (Å²) in [5.74, 6) is -0.308. The summed E-state index contributed by atoms with van der Waals surface area (Å²) in [4.78, 5) is 25.8. The summed E-state index contributed by atoms with van der Waals surface area (Å²) in [6, 6.07) is 0.366. The van der Waals surface area contributed by atoms with E-state index >= 15 is 0 Å². The molecule has 0 radical (unpaired) electrons. The van der Waals surface area contributed by atoms with Crippen molar-refractivity contribution >= 4 is 11.9 Å². The zero-order valence-electron chi connectivity index (χ0n) is 12.7. The Balaban J connectivity index is 2.01. The molecule has 0 aromatic carbocycles. The predicted octanol–water partition coefficient (Wildman–Crippen LogP) is 2.91. The highest BCUT2D eigenvalue weighted by molar-refractivity contribution is 5.81. The van der Waals surface area contributed by atoms with E-state index in [0.29, 0.717) is 24.8 Å². The molecule has 1 saturated heterocycles. The van der Waals surface area contributed by atoms with Crippen molar-refractivity contribution in [2.24, 2.45) is 17.8 Å². The number of carbonyl (C=O) groups is 2. The summed E-state index contributed by atoms with van der Waals surface area (Å²) in [5.41, 5.74) is 0. The van der Waals surface area contributed by atoms with Gasteiger partial charge in [0.1, 0.15) is 0 Å². The van der Waals surface area contributed by atoms with Gasteiger partial charge in [0.05, 0.1) is 5.92 Å². The molecule has 0 bridgehead atoms. The molecule has 1 aliphatic carbocycles. The summed E-state index contributed by atoms with van der Waals surface area (Å²) in [5, 5.41) is 9.08. The highest BCUT2D eigenvalue weighted by Crippen LogP contribution is 2.35. The van der Waals surface area contributed by atoms with Gasteiger partial charge in [-0.05, 0) is 44.4 Å². The molecular formula is C16H27NO3. The molecule has 2 aliphatic rings. The third-order valence-electron chi connectivity index (χ3n) is 5.11. The van der Waals surface area contributed by atoms with Gasteiger partial charge in [-0.2, -0.15) is 0 Å². The first kappa shape index (κ1) is 15.3. The van der Waals surface area contributed by atoms with E-state index in [0.717, 1.165) is 32.2 Å². The van der Waals surface area contributed by atoms with Crippen molar-refractivity contribution in [2.45, 2.75) is 64.8 Å². The normalized spacial score (nSPS) is 34.2. The van der Waals surface area contributed by atoms with Gasteiger partial charge >= 0.3 is 5.97 Å². The molecule has 0 aromatic heterocycles. The molecule has 2 rings (SSSR count). The lowest BCUT2D eigenvalue weighted by Crippen LogP contribution is -2.49. The van der Waals surface area contributed by atoms with Crippen LogP contribution in [0.15, 0.2) is 0 Å². The fourth-order valence-corrected chi connectivity index (χ4v) is 3.92. The molecule has 1 saturated carbocycles. The van der Waals surface area contributed by atoms with Crippen LogP contribution in [-0.4, -0.2) is 34.5 Å². The average molecular weight is 281 g/mol. The summed E-state index contributed by atoms with van der Waals surface area (Å²) in [6.07, 6.45) is 6.41. The Labute approximate surface area is 121 Å². The number of likely N-dealkylation sites (tertiary alicyclic amines) is 1. The largest absolute Gasteiger partial charge is 0.481 e. The van der Waals surface area contributed by atoms with Gasteiger partial charge in [0.2, 0.25) is 5.91 Å². The van der Waals surface area contributed by atoms with Gasteiger partial charge in [-0.15, -0.1) is 0 Å². The van der Waals surface area contributed by atoms with E-state index in [-0.39, 0.29) is 17.7 Å². The van der Waals surface area contributed by atoms with Crippen LogP contribution in [0.4, 0.5) is 0 Å². The molecule has 4 nitrogen and oxygen atoms in total. The van der Waals surface area contributed by atoms with Crippen LogP contribution in [0.5, 0.6) is 0 Å². The van der Waals surface area contributed by atoms with Gasteiger partial charge in [-0.1, -0.05) is 20.3 Å². The lowest BCUT2D eigenvalue weighted by atomic mass is 9.87. The molecule has 0 aromatic rings. The third-order valence-corrected chi connectivity index (χ3v) is 5.11. The quantitative estimate of drug-likeness (QED) is 0.862. The Morgan fingerprint density at radius 1 is 1.20 bits per heavy atom. The van der Waals surface area contributed by atoms with Gasteiger partial charge in [0.15, 0.2) is 0 Å². The van der Waals surface area contributed by atoms with Crippen LogP contribution >= 0.6 is 0 Å². The van der Waals surface area contributed by atoms with Crippen molar-refractivity contribution < 1.29 is 14.7 Å². The second-order valence-electron chi connectivity index (χ2n) is 6.55. The number of aliphatic carboxylic acids is 1. The number of hydrogen-bond acceptors (Lipinski definition) is 2. The second kappa shape index (κ2) is 6.59. The Morgan fingerprint density at radius 3 is 2.50 bits per heavy atom. The maximum Gasteiger partial charge on any atom is 0.306 e. The first-order valence-electron chi connectivity index (χ1n) is 8.07. The van der Waals surface area contributed by atoms with E-state index < -0.39 is 5.97 Å². The van der Waals surface area contributed by atoms with E-state index in [1.165, 1.54) is 6.42 Å². The molecule has 1 aliphatic heterocycles. The molecule has 1 amide bonds. The molecule has 1 N–H and O–H groups in total. The molecule has 4 atom stereocenters. The predicted molar refractivity (Wildman–Crippen MR) is 77.3 cm³/mol. The molecule has 2 unspecified atom stereocenters. The van der Waals surface area contributed by atoms with E-state index in [9.17, 15) is 9.59 Å². The fraction of sp³-hybridized carbons (Fsp3) is 0.875. The first-order chi connectivity index (χ1) is 9.54. The zero-order valence-corrected chi connectivity index (χ0v) is 12.7. The van der Waals surface area contributed by atoms with Crippen molar-refractivity contribution in [1.82, 2.24) is 4.90 Å². The monoisotopic (exact) mass is 281 g/mol. The number of amides is 1. The Hall–Kier alpha value is -1.06. The first-order valence-corrected chi connectivity index (χ1v) is 8.07. The Morgan fingerprint density at radius 2 is 1.90 bits per heavy atom. The van der Waals surface area contributed by atoms with Crippen LogP contribution in [0.2, 0.25) is 0 Å². The molecule has 0 spiro atoms. The molecule has 2 fully saturated rings. The van der Waals surface area contributed by atoms with Crippen molar-refractivity contribution in [1.29, 1.82) is 0 Å². The molecule has 114 valence electrons. The van der Waals surface area contributed by atoms with Crippen molar-refractivity contribution in [2.75, 3.05) is 6.54 Å². The van der Waals surface area contributed by atoms with Gasteiger partial charge in [0, 0.05) is 18.5 Å². The van der Waals surface area contributed by atoms with Crippen LogP contribution in [0, 0.1) is 17.8 Å². The van der Waals surface area contributed by atoms with Crippen molar-refractivity contribution in [3.05, 3.63) is 0 Å². The van der Waals surface area contributed by atoms with E-state index in [4.69, 9.17) is 5.11 Å². The summed E-state index contributed by atoms with van der Waals surface area (Å²) < 4.78 is 0. The van der Waals surface area contributed by atoms with Crippen LogP contribution in [0.25, 0.3) is 0 Å². The number of nitrogens with zero attached hydrogens (tertiary/aromatic N) is 1. The van der Waals surface area contributed by atoms with Gasteiger partial charge in [0.25, 0.3) is 0 Å². The second-order valence-corrected chi connectivity index (χ2v) is 6.55. The van der Waals surface area contributed by atoms with Gasteiger partial charge in [-0.3, -0.25) is 9.59 Å². The Kier molecular flexibility index (Phi) is 5.06. The maximum absolute atomic E-state index is 12.7. The van der Waals surface area contributed by atoms with E-state index in [1.807, 2.05) is 0 Å². The van der Waals surface area contributed by atoms with E-state index in [1.54, 1.807) is 0 Å². The molecule has 4 heteroatoms. The third kappa shape index (κ3) is 3.15. The Bertz CT molecular complexity index is 369. The fourth-order valence-electron chi connectivity index (χ4n) is 3.92. The van der Waals surface area contributed by atoms with E-state index in [2.05, 4.69) is 18.7 Å². The zero-order chi connectivity index (χ0) is 14.7. The smallest absolute Gasteiger partial charge is 0.306 e. The van der Waals surface area contributed by atoms with Crippen LogP contribution in [-0.2, 0) is 9.59 Å². The van der Waals surface area contributed by atoms with Gasteiger partial charge in [-0.25, -0.2) is 0 Å². The van der Waals surface area contributed by atoms with Crippen molar-refractivity contribution in [3.8, 4) is 0 Å². The highest BCUT2D eigenvalue weighted by atomic mass is 16.4. The lowest BCUT2D eigenvalue weighted by Gasteiger charge is -2.41. The minimum absolute atomic E-state index is 0.0549. The number of hydrogen-bond donors (Lipinski definition) is 1. The number of carboxylic acid groups (broad SMARTS) is 1.